The van der Waals surface area contributed by atoms with Crippen LogP contribution in [0.3, 0.4) is 0 Å². The zero-order valence-corrected chi connectivity index (χ0v) is 9.02. The number of hydrogen-bond donors (Lipinski definition) is 1. The number of hydrogen-bond acceptors (Lipinski definition) is 3. The Morgan fingerprint density at radius 1 is 1.41 bits per heavy atom. The summed E-state index contributed by atoms with van der Waals surface area (Å²) in [5.41, 5.74) is 5.51. The third-order valence-corrected chi connectivity index (χ3v) is 1.84. The molecule has 0 spiro atoms. The van der Waals surface area contributed by atoms with Gasteiger partial charge in [0.05, 0.1) is 7.11 Å². The first-order valence-corrected chi connectivity index (χ1v) is 4.63. The molecule has 0 fully saturated rings. The normalized spacial score (nSPS) is 10.8. The van der Waals surface area contributed by atoms with Gasteiger partial charge in [0.25, 0.3) is 0 Å². The summed E-state index contributed by atoms with van der Waals surface area (Å²) in [7, 11) is 1.33. The maximum Gasteiger partial charge on any atom is 0.387 e. The molecule has 2 N–H and O–H groups in total. The second-order valence-electron chi connectivity index (χ2n) is 3.02. The van der Waals surface area contributed by atoms with Crippen LogP contribution in [0.2, 0.25) is 0 Å². The van der Waals surface area contributed by atoms with Gasteiger partial charge in [-0.15, -0.1) is 0 Å². The zero-order chi connectivity index (χ0) is 12.8. The van der Waals surface area contributed by atoms with Crippen LogP contribution in [0.25, 0.3) is 6.08 Å². The topological polar surface area (TPSA) is 61.5 Å². The lowest BCUT2D eigenvalue weighted by Gasteiger charge is -2.09. The Balaban J connectivity index is 2.95. The molecule has 92 valence electrons. The second kappa shape index (κ2) is 5.83. The largest absolute Gasteiger partial charge is 0.493 e. The minimum atomic E-state index is -2.92. The molecule has 0 aromatic heterocycles. The van der Waals surface area contributed by atoms with Crippen LogP contribution in [0.1, 0.15) is 5.56 Å². The van der Waals surface area contributed by atoms with Gasteiger partial charge in [0, 0.05) is 6.08 Å². The van der Waals surface area contributed by atoms with Crippen molar-refractivity contribution >= 4 is 12.0 Å². The summed E-state index contributed by atoms with van der Waals surface area (Å²) < 4.78 is 33.2. The molecule has 0 radical (unpaired) electrons. The summed E-state index contributed by atoms with van der Waals surface area (Å²) in [5.74, 6) is -0.521. The highest BCUT2D eigenvalue weighted by molar-refractivity contribution is 5.90. The van der Waals surface area contributed by atoms with E-state index in [-0.39, 0.29) is 11.5 Å². The van der Waals surface area contributed by atoms with Gasteiger partial charge in [0.2, 0.25) is 5.91 Å². The zero-order valence-electron chi connectivity index (χ0n) is 9.02. The molecule has 1 aromatic rings. The molecule has 1 amide bonds. The maximum atomic E-state index is 12.0. The van der Waals surface area contributed by atoms with E-state index < -0.39 is 12.5 Å². The quantitative estimate of drug-likeness (QED) is 0.802. The monoisotopic (exact) mass is 243 g/mol. The molecule has 17 heavy (non-hydrogen) atoms. The van der Waals surface area contributed by atoms with Gasteiger partial charge < -0.3 is 15.2 Å². The van der Waals surface area contributed by atoms with Gasteiger partial charge in [0.1, 0.15) is 0 Å². The lowest BCUT2D eigenvalue weighted by atomic mass is 10.2. The summed E-state index contributed by atoms with van der Waals surface area (Å²) in [6.07, 6.45) is 2.60. The van der Waals surface area contributed by atoms with Crippen molar-refractivity contribution in [2.45, 2.75) is 6.61 Å². The third-order valence-electron chi connectivity index (χ3n) is 1.84. The number of rotatable bonds is 5. The number of benzene rings is 1. The summed E-state index contributed by atoms with van der Waals surface area (Å²) >= 11 is 0. The molecule has 0 aliphatic rings. The number of ether oxygens (including phenoxy) is 2. The summed E-state index contributed by atoms with van der Waals surface area (Å²) in [6.45, 7) is -2.92. The number of alkyl halides is 2. The van der Waals surface area contributed by atoms with Crippen molar-refractivity contribution in [3.05, 3.63) is 29.8 Å². The Hall–Kier alpha value is -2.11. The fourth-order valence-corrected chi connectivity index (χ4v) is 1.16. The first-order chi connectivity index (χ1) is 8.02. The Bertz CT molecular complexity index is 433. The van der Waals surface area contributed by atoms with Crippen LogP contribution in [0.5, 0.6) is 11.5 Å². The van der Waals surface area contributed by atoms with Crippen molar-refractivity contribution in [1.29, 1.82) is 0 Å². The highest BCUT2D eigenvalue weighted by Crippen LogP contribution is 2.29. The predicted octanol–water partition coefficient (Wildman–Crippen LogP) is 1.80. The Kier molecular flexibility index (Phi) is 4.45. The molecule has 0 unspecified atom stereocenters. The highest BCUT2D eigenvalue weighted by Gasteiger charge is 2.10. The van der Waals surface area contributed by atoms with Crippen molar-refractivity contribution in [2.75, 3.05) is 7.11 Å². The fraction of sp³-hybridized carbons (Fsp3) is 0.182. The highest BCUT2D eigenvalue weighted by atomic mass is 19.3. The van der Waals surface area contributed by atoms with Gasteiger partial charge in [-0.05, 0) is 23.8 Å². The minimum Gasteiger partial charge on any atom is -0.493 e. The number of nitrogens with two attached hydrogens (primary N) is 1. The fourth-order valence-electron chi connectivity index (χ4n) is 1.16. The standard InChI is InChI=1S/C11H11F2NO3/c1-16-9-6-7(3-5-10(14)15)2-4-8(9)17-11(12)13/h2-6,11H,1H3,(H2,14,15)/b5-3-. The SMILES string of the molecule is COc1cc(/C=C\C(N)=O)ccc1OC(F)F. The molecular formula is C11H11F2NO3. The molecular weight excluding hydrogens is 232 g/mol. The van der Waals surface area contributed by atoms with Gasteiger partial charge in [-0.25, -0.2) is 0 Å². The first-order valence-electron chi connectivity index (χ1n) is 4.63. The van der Waals surface area contributed by atoms with Crippen molar-refractivity contribution in [2.24, 2.45) is 5.73 Å². The second-order valence-corrected chi connectivity index (χ2v) is 3.02. The van der Waals surface area contributed by atoms with E-state index in [4.69, 9.17) is 10.5 Å². The summed E-state index contributed by atoms with van der Waals surface area (Å²) in [6, 6.07) is 4.28. The van der Waals surface area contributed by atoms with E-state index in [0.717, 1.165) is 6.08 Å². The Morgan fingerprint density at radius 2 is 2.12 bits per heavy atom. The number of amides is 1. The lowest BCUT2D eigenvalue weighted by Crippen LogP contribution is -2.05. The number of methoxy groups -OCH3 is 1. The van der Waals surface area contributed by atoms with Crippen LogP contribution in [0.4, 0.5) is 8.78 Å². The van der Waals surface area contributed by atoms with E-state index in [2.05, 4.69) is 4.74 Å². The minimum absolute atomic E-state index is 0.0706. The van der Waals surface area contributed by atoms with E-state index >= 15 is 0 Å². The average Bonchev–Trinajstić information content (AvgIpc) is 2.26. The van der Waals surface area contributed by atoms with E-state index in [1.165, 1.54) is 31.4 Å². The Labute approximate surface area is 96.6 Å². The van der Waals surface area contributed by atoms with E-state index in [1.807, 2.05) is 0 Å². The predicted molar refractivity (Wildman–Crippen MR) is 57.9 cm³/mol. The van der Waals surface area contributed by atoms with Gasteiger partial charge in [-0.3, -0.25) is 4.79 Å². The number of carbonyl (C=O) groups is 1. The van der Waals surface area contributed by atoms with Crippen LogP contribution in [-0.2, 0) is 4.79 Å². The molecule has 0 bridgehead atoms. The molecule has 0 saturated carbocycles. The third kappa shape index (κ3) is 4.10. The van der Waals surface area contributed by atoms with Gasteiger partial charge in [-0.1, -0.05) is 6.07 Å². The van der Waals surface area contributed by atoms with Crippen molar-refractivity contribution in [3.63, 3.8) is 0 Å². The molecule has 1 rings (SSSR count). The molecule has 6 heteroatoms. The number of primary amides is 1. The smallest absolute Gasteiger partial charge is 0.387 e. The Morgan fingerprint density at radius 3 is 2.65 bits per heavy atom. The van der Waals surface area contributed by atoms with Gasteiger partial charge >= 0.3 is 6.61 Å². The number of carbonyl (C=O) groups excluding carboxylic acids is 1. The first kappa shape index (κ1) is 13.0. The lowest BCUT2D eigenvalue weighted by molar-refractivity contribution is -0.113. The average molecular weight is 243 g/mol. The van der Waals surface area contributed by atoms with Crippen LogP contribution in [0, 0.1) is 0 Å². The van der Waals surface area contributed by atoms with Gasteiger partial charge in [0.15, 0.2) is 11.5 Å². The number of halogens is 2. The molecule has 0 heterocycles. The van der Waals surface area contributed by atoms with Crippen LogP contribution >= 0.6 is 0 Å². The van der Waals surface area contributed by atoms with Crippen molar-refractivity contribution < 1.29 is 23.0 Å². The van der Waals surface area contributed by atoms with E-state index in [0.29, 0.717) is 5.56 Å². The molecule has 0 saturated heterocycles. The van der Waals surface area contributed by atoms with E-state index in [9.17, 15) is 13.6 Å². The van der Waals surface area contributed by atoms with Crippen LogP contribution in [0.15, 0.2) is 24.3 Å². The van der Waals surface area contributed by atoms with Crippen molar-refractivity contribution in [1.82, 2.24) is 0 Å². The van der Waals surface area contributed by atoms with Crippen LogP contribution < -0.4 is 15.2 Å². The molecule has 0 atom stereocenters. The van der Waals surface area contributed by atoms with Crippen LogP contribution in [-0.4, -0.2) is 19.6 Å². The summed E-state index contributed by atoms with van der Waals surface area (Å²) in [4.78, 5) is 10.5. The van der Waals surface area contributed by atoms with E-state index in [1.54, 1.807) is 0 Å². The summed E-state index contributed by atoms with van der Waals surface area (Å²) in [5, 5.41) is 0. The molecule has 0 aliphatic carbocycles. The molecule has 0 aliphatic heterocycles. The van der Waals surface area contributed by atoms with Crippen molar-refractivity contribution in [3.8, 4) is 11.5 Å². The molecule has 4 nitrogen and oxygen atoms in total. The van der Waals surface area contributed by atoms with Gasteiger partial charge in [-0.2, -0.15) is 8.78 Å². The molecule has 1 aromatic carbocycles. The maximum absolute atomic E-state index is 12.0.